The number of benzene rings is 1. The Morgan fingerprint density at radius 1 is 1.20 bits per heavy atom. The monoisotopic (exact) mass is 565 g/mol. The van der Waals surface area contributed by atoms with Crippen LogP contribution in [0.3, 0.4) is 0 Å². The normalized spacial score (nSPS) is 28.3. The summed E-state index contributed by atoms with van der Waals surface area (Å²) in [4.78, 5) is 45.9. The Kier molecular flexibility index (Phi) is 8.11. The van der Waals surface area contributed by atoms with Gasteiger partial charge in [0.1, 0.15) is 23.1 Å². The molecule has 10 nitrogen and oxygen atoms in total. The number of carbonyl (C=O) groups excluding carboxylic acids is 2. The lowest BCUT2D eigenvalue weighted by atomic mass is 9.93. The highest BCUT2D eigenvalue weighted by Crippen LogP contribution is 2.47. The van der Waals surface area contributed by atoms with Crippen LogP contribution in [0.4, 0.5) is 0 Å². The zero-order chi connectivity index (χ0) is 29.3. The van der Waals surface area contributed by atoms with Gasteiger partial charge in [-0.05, 0) is 64.5 Å². The topological polar surface area (TPSA) is 127 Å². The standard InChI is InChI=1S/C31H39N3O7/c1-5-40-26-16-25(21-11-12-24(39-4)18(2)27(21)32-26)41-20-14-22-23(15-20)29(36)34(3)13-9-7-6-8-10-19-17-31(19,30(37)38)33-28(22)35/h8,10-12,16,19-20,22-23H,5-7,9,13-15,17H2,1-4H3,(H,33,35)(H,37,38). The quantitative estimate of drug-likeness (QED) is 0.505. The van der Waals surface area contributed by atoms with E-state index in [0.717, 1.165) is 30.2 Å². The third-order valence-corrected chi connectivity index (χ3v) is 8.70. The van der Waals surface area contributed by atoms with Gasteiger partial charge in [0.2, 0.25) is 17.7 Å². The number of hydrogen-bond donors (Lipinski definition) is 2. The summed E-state index contributed by atoms with van der Waals surface area (Å²) in [5.74, 6) is -1.49. The first-order valence-corrected chi connectivity index (χ1v) is 14.4. The number of carboxylic acid groups (broad SMARTS) is 1. The number of fused-ring (bicyclic) bond motifs is 3. The second kappa shape index (κ2) is 11.6. The van der Waals surface area contributed by atoms with Gasteiger partial charge in [-0.15, -0.1) is 0 Å². The van der Waals surface area contributed by atoms with Crippen LogP contribution < -0.4 is 19.5 Å². The van der Waals surface area contributed by atoms with E-state index < -0.39 is 35.4 Å². The summed E-state index contributed by atoms with van der Waals surface area (Å²) >= 11 is 0. The molecule has 1 aromatic heterocycles. The van der Waals surface area contributed by atoms with Gasteiger partial charge < -0.3 is 29.5 Å². The molecule has 2 amide bonds. The lowest BCUT2D eigenvalue weighted by Gasteiger charge is -2.26. The van der Waals surface area contributed by atoms with Crippen LogP contribution in [0, 0.1) is 24.7 Å². The fourth-order valence-electron chi connectivity index (χ4n) is 6.27. The molecule has 2 aromatic rings. The van der Waals surface area contributed by atoms with Crippen molar-refractivity contribution < 1.29 is 33.7 Å². The molecule has 2 aliphatic carbocycles. The Labute approximate surface area is 240 Å². The summed E-state index contributed by atoms with van der Waals surface area (Å²) in [5.41, 5.74) is 0.214. The predicted molar refractivity (Wildman–Crippen MR) is 152 cm³/mol. The third kappa shape index (κ3) is 5.56. The Balaban J connectivity index is 1.46. The van der Waals surface area contributed by atoms with Crippen molar-refractivity contribution in [2.45, 2.75) is 64.0 Å². The minimum absolute atomic E-state index is 0.115. The molecule has 2 N–H and O–H groups in total. The van der Waals surface area contributed by atoms with Crippen LogP contribution in [-0.4, -0.2) is 71.7 Å². The molecule has 2 saturated carbocycles. The molecule has 1 aliphatic heterocycles. The number of aromatic nitrogens is 1. The maximum atomic E-state index is 13.7. The van der Waals surface area contributed by atoms with Crippen LogP contribution in [0.2, 0.25) is 0 Å². The Morgan fingerprint density at radius 3 is 2.71 bits per heavy atom. The van der Waals surface area contributed by atoms with Gasteiger partial charge in [-0.3, -0.25) is 9.59 Å². The smallest absolute Gasteiger partial charge is 0.330 e. The van der Waals surface area contributed by atoms with Crippen molar-refractivity contribution in [3.05, 3.63) is 35.9 Å². The summed E-state index contributed by atoms with van der Waals surface area (Å²) in [6.45, 7) is 4.82. The van der Waals surface area contributed by atoms with Gasteiger partial charge in [-0.25, -0.2) is 9.78 Å². The molecule has 220 valence electrons. The van der Waals surface area contributed by atoms with E-state index in [2.05, 4.69) is 10.3 Å². The average Bonchev–Trinajstić information content (AvgIpc) is 3.48. The fraction of sp³-hybridized carbons (Fsp3) is 0.548. The third-order valence-electron chi connectivity index (χ3n) is 8.70. The molecular formula is C31H39N3O7. The van der Waals surface area contributed by atoms with E-state index in [-0.39, 0.29) is 18.2 Å². The molecule has 0 radical (unpaired) electrons. The van der Waals surface area contributed by atoms with Crippen molar-refractivity contribution in [2.24, 2.45) is 17.8 Å². The number of ether oxygens (including phenoxy) is 3. The Morgan fingerprint density at radius 2 is 1.98 bits per heavy atom. The molecule has 2 fully saturated rings. The molecule has 3 aliphatic rings. The molecule has 5 atom stereocenters. The van der Waals surface area contributed by atoms with Gasteiger partial charge in [0.05, 0.1) is 31.1 Å². The van der Waals surface area contributed by atoms with Gasteiger partial charge >= 0.3 is 5.97 Å². The van der Waals surface area contributed by atoms with Crippen molar-refractivity contribution >= 4 is 28.7 Å². The highest BCUT2D eigenvalue weighted by Gasteiger charge is 2.61. The van der Waals surface area contributed by atoms with Crippen LogP contribution in [0.15, 0.2) is 30.4 Å². The number of allylic oxidation sites excluding steroid dienone is 1. The Bertz CT molecular complexity index is 1380. The second-order valence-electron chi connectivity index (χ2n) is 11.4. The number of methoxy groups -OCH3 is 1. The highest BCUT2D eigenvalue weighted by atomic mass is 16.5. The van der Waals surface area contributed by atoms with Crippen molar-refractivity contribution in [1.29, 1.82) is 0 Å². The summed E-state index contributed by atoms with van der Waals surface area (Å²) in [6, 6.07) is 5.48. The number of nitrogens with one attached hydrogen (secondary N) is 1. The van der Waals surface area contributed by atoms with Crippen molar-refractivity contribution in [2.75, 3.05) is 27.3 Å². The number of rotatable bonds is 6. The van der Waals surface area contributed by atoms with E-state index >= 15 is 0 Å². The number of aliphatic carboxylic acids is 1. The predicted octanol–water partition coefficient (Wildman–Crippen LogP) is 3.88. The first kappa shape index (κ1) is 28.7. The van der Waals surface area contributed by atoms with E-state index in [9.17, 15) is 19.5 Å². The minimum atomic E-state index is -1.32. The molecule has 41 heavy (non-hydrogen) atoms. The lowest BCUT2D eigenvalue weighted by molar-refractivity contribution is -0.145. The average molecular weight is 566 g/mol. The summed E-state index contributed by atoms with van der Waals surface area (Å²) in [6.07, 6.45) is 6.97. The number of hydrogen-bond acceptors (Lipinski definition) is 7. The molecule has 2 heterocycles. The van der Waals surface area contributed by atoms with Crippen LogP contribution in [0.1, 0.15) is 51.0 Å². The van der Waals surface area contributed by atoms with Gasteiger partial charge in [-0.2, -0.15) is 0 Å². The van der Waals surface area contributed by atoms with E-state index in [0.29, 0.717) is 48.9 Å². The Hall–Kier alpha value is -3.82. The highest BCUT2D eigenvalue weighted by molar-refractivity contribution is 5.94. The number of carboxylic acids is 1. The molecule has 1 aromatic carbocycles. The number of pyridine rings is 1. The molecule has 0 bridgehead atoms. The second-order valence-corrected chi connectivity index (χ2v) is 11.4. The van der Waals surface area contributed by atoms with Crippen LogP contribution in [0.25, 0.3) is 10.9 Å². The van der Waals surface area contributed by atoms with Crippen molar-refractivity contribution in [3.63, 3.8) is 0 Å². The maximum absolute atomic E-state index is 13.7. The number of nitrogens with zero attached hydrogens (tertiary/aromatic N) is 2. The fourth-order valence-corrected chi connectivity index (χ4v) is 6.27. The van der Waals surface area contributed by atoms with Gasteiger partial charge in [0, 0.05) is 36.5 Å². The molecule has 5 unspecified atom stereocenters. The molecule has 10 heteroatoms. The number of aryl methyl sites for hydroxylation is 1. The van der Waals surface area contributed by atoms with E-state index in [4.69, 9.17) is 14.2 Å². The van der Waals surface area contributed by atoms with Gasteiger partial charge in [0.15, 0.2) is 0 Å². The van der Waals surface area contributed by atoms with Gasteiger partial charge in [0.25, 0.3) is 0 Å². The van der Waals surface area contributed by atoms with E-state index in [1.165, 1.54) is 0 Å². The van der Waals surface area contributed by atoms with Crippen LogP contribution in [0.5, 0.6) is 17.4 Å². The molecule has 0 spiro atoms. The molecule has 0 saturated heterocycles. The maximum Gasteiger partial charge on any atom is 0.330 e. The summed E-state index contributed by atoms with van der Waals surface area (Å²) in [7, 11) is 3.37. The molecule has 5 rings (SSSR count). The summed E-state index contributed by atoms with van der Waals surface area (Å²) in [5, 5.41) is 13.6. The van der Waals surface area contributed by atoms with Crippen molar-refractivity contribution in [3.8, 4) is 17.4 Å². The van der Waals surface area contributed by atoms with Crippen LogP contribution >= 0.6 is 0 Å². The zero-order valence-corrected chi connectivity index (χ0v) is 24.1. The zero-order valence-electron chi connectivity index (χ0n) is 24.1. The van der Waals surface area contributed by atoms with Crippen molar-refractivity contribution in [1.82, 2.24) is 15.2 Å². The number of amides is 2. The minimum Gasteiger partial charge on any atom is -0.496 e. The number of carbonyl (C=O) groups is 3. The summed E-state index contributed by atoms with van der Waals surface area (Å²) < 4.78 is 17.7. The largest absolute Gasteiger partial charge is 0.496 e. The van der Waals surface area contributed by atoms with E-state index in [1.54, 1.807) is 25.1 Å². The first-order chi connectivity index (χ1) is 19.7. The van der Waals surface area contributed by atoms with Gasteiger partial charge in [-0.1, -0.05) is 12.2 Å². The lowest BCUT2D eigenvalue weighted by Crippen LogP contribution is -2.49. The first-order valence-electron chi connectivity index (χ1n) is 14.4. The molecular weight excluding hydrogens is 526 g/mol. The van der Waals surface area contributed by atoms with Crippen LogP contribution in [-0.2, 0) is 14.4 Å². The van der Waals surface area contributed by atoms with E-state index in [1.807, 2.05) is 38.1 Å². The SMILES string of the molecule is CCOc1cc(OC2CC3C(=O)NC4(C(=O)O)CC4C=CCCCCN(C)C(=O)C3C2)c2ccc(OC)c(C)c2n1.